The topological polar surface area (TPSA) is 58.6 Å². The van der Waals surface area contributed by atoms with Crippen molar-refractivity contribution >= 4 is 29.3 Å². The van der Waals surface area contributed by atoms with Crippen molar-refractivity contribution in [3.05, 3.63) is 101 Å². The number of hydrogen-bond donors (Lipinski definition) is 1. The zero-order chi connectivity index (χ0) is 24.5. The number of para-hydroxylation sites is 1. The van der Waals surface area contributed by atoms with E-state index in [0.29, 0.717) is 16.3 Å². The largest absolute Gasteiger partial charge is 0.444 e. The highest BCUT2D eigenvalue weighted by atomic mass is 35.5. The second kappa shape index (κ2) is 9.11. The van der Waals surface area contributed by atoms with Crippen LogP contribution in [0.15, 0.2) is 78.9 Å². The number of rotatable bonds is 5. The number of alkyl halides is 1. The lowest BCUT2D eigenvalue weighted by Gasteiger charge is -2.32. The van der Waals surface area contributed by atoms with Gasteiger partial charge in [0.25, 0.3) is 5.91 Å². The molecule has 1 N–H and O–H groups in total. The van der Waals surface area contributed by atoms with Gasteiger partial charge in [-0.3, -0.25) is 4.79 Å². The molecular formula is C27H26ClFN2O3. The van der Waals surface area contributed by atoms with E-state index in [9.17, 15) is 9.59 Å². The van der Waals surface area contributed by atoms with Crippen LogP contribution in [0.25, 0.3) is 0 Å². The summed E-state index contributed by atoms with van der Waals surface area (Å²) in [5, 5.41) is 2.97. The van der Waals surface area contributed by atoms with E-state index in [-0.39, 0.29) is 12.1 Å². The molecule has 0 radical (unpaired) electrons. The number of halogens is 2. The number of carbonyl (C=O) groups is 2. The fraction of sp³-hybridized carbons (Fsp3) is 0.259. The lowest BCUT2D eigenvalue weighted by Crippen LogP contribution is -2.48. The number of nitrogens with one attached hydrogen (secondary N) is 1. The van der Waals surface area contributed by atoms with Gasteiger partial charge in [0, 0.05) is 10.6 Å². The number of anilines is 1. The first-order valence-electron chi connectivity index (χ1n) is 11.0. The van der Waals surface area contributed by atoms with E-state index in [0.717, 1.165) is 5.56 Å². The predicted molar refractivity (Wildman–Crippen MR) is 130 cm³/mol. The third-order valence-corrected chi connectivity index (χ3v) is 5.80. The first kappa shape index (κ1) is 23.8. The summed E-state index contributed by atoms with van der Waals surface area (Å²) in [6.45, 7) is 5.33. The first-order valence-corrected chi connectivity index (χ1v) is 11.4. The number of amides is 2. The molecule has 0 fully saturated rings. The van der Waals surface area contributed by atoms with Crippen LogP contribution in [0, 0.1) is 0 Å². The lowest BCUT2D eigenvalue weighted by atomic mass is 9.85. The van der Waals surface area contributed by atoms with Crippen molar-refractivity contribution in [2.45, 2.75) is 44.6 Å². The molecule has 0 aromatic heterocycles. The summed E-state index contributed by atoms with van der Waals surface area (Å²) >= 11 is 6.19. The second-order valence-corrected chi connectivity index (χ2v) is 9.68. The van der Waals surface area contributed by atoms with Crippen LogP contribution >= 0.6 is 11.6 Å². The van der Waals surface area contributed by atoms with Crippen LogP contribution in [0.2, 0.25) is 5.02 Å². The Morgan fingerprint density at radius 1 is 1.06 bits per heavy atom. The summed E-state index contributed by atoms with van der Waals surface area (Å²) in [5.74, 6) is -0.765. The molecule has 2 amide bonds. The number of fused-ring (bicyclic) bond motifs is 1. The molecule has 176 valence electrons. The summed E-state index contributed by atoms with van der Waals surface area (Å²) < 4.78 is 22.6. The van der Waals surface area contributed by atoms with Crippen molar-refractivity contribution in [2.24, 2.45) is 0 Å². The monoisotopic (exact) mass is 480 g/mol. The quantitative estimate of drug-likeness (QED) is 0.465. The number of benzene rings is 3. The highest BCUT2D eigenvalue weighted by Gasteiger charge is 2.58. The standard InChI is InChI=1S/C27H26ClFN2O3/c1-26(2,3)34-25(33)30-23(19-12-9-13-20(28)16-19)27(29)21-14-7-8-15-22(21)31(24(27)32)17-18-10-5-4-6-11-18/h4-16,23H,17H2,1-3H3,(H,30,33)/t23-,27-/m0/s1. The average Bonchev–Trinajstić information content (AvgIpc) is 3.00. The van der Waals surface area contributed by atoms with Crippen LogP contribution in [0.3, 0.4) is 0 Å². The van der Waals surface area contributed by atoms with Crippen molar-refractivity contribution in [1.82, 2.24) is 5.32 Å². The summed E-state index contributed by atoms with van der Waals surface area (Å²) in [5.41, 5.74) is -1.54. The smallest absolute Gasteiger partial charge is 0.408 e. The third kappa shape index (κ3) is 4.64. The van der Waals surface area contributed by atoms with Gasteiger partial charge in [0.1, 0.15) is 11.6 Å². The molecule has 0 saturated heterocycles. The van der Waals surface area contributed by atoms with Gasteiger partial charge in [-0.05, 0) is 50.1 Å². The first-order chi connectivity index (χ1) is 16.1. The minimum absolute atomic E-state index is 0.178. The zero-order valence-corrected chi connectivity index (χ0v) is 20.0. The van der Waals surface area contributed by atoms with Crippen LogP contribution in [0.4, 0.5) is 14.9 Å². The maximum absolute atomic E-state index is 17.2. The van der Waals surface area contributed by atoms with E-state index < -0.39 is 29.3 Å². The minimum Gasteiger partial charge on any atom is -0.444 e. The molecule has 2 atom stereocenters. The normalized spacial score (nSPS) is 18.4. The SMILES string of the molecule is CC(C)(C)OC(=O)N[C@@H](c1cccc(Cl)c1)[C@]1(F)C(=O)N(Cc2ccccc2)c2ccccc21. The van der Waals surface area contributed by atoms with Gasteiger partial charge in [-0.1, -0.05) is 72.3 Å². The Morgan fingerprint density at radius 3 is 2.41 bits per heavy atom. The number of hydrogen-bond acceptors (Lipinski definition) is 3. The van der Waals surface area contributed by atoms with E-state index in [1.54, 1.807) is 69.3 Å². The van der Waals surface area contributed by atoms with E-state index in [1.165, 1.54) is 4.90 Å². The van der Waals surface area contributed by atoms with Crippen LogP contribution in [0.5, 0.6) is 0 Å². The fourth-order valence-electron chi connectivity index (χ4n) is 4.16. The van der Waals surface area contributed by atoms with Gasteiger partial charge in [-0.2, -0.15) is 0 Å². The van der Waals surface area contributed by atoms with Gasteiger partial charge in [0.15, 0.2) is 0 Å². The van der Waals surface area contributed by atoms with Gasteiger partial charge in [-0.15, -0.1) is 0 Å². The molecule has 1 aliphatic rings. The Kier molecular flexibility index (Phi) is 6.36. The zero-order valence-electron chi connectivity index (χ0n) is 19.2. The molecule has 5 nitrogen and oxygen atoms in total. The molecule has 3 aromatic carbocycles. The molecule has 0 saturated carbocycles. The maximum Gasteiger partial charge on any atom is 0.408 e. The summed E-state index contributed by atoms with van der Waals surface area (Å²) in [7, 11) is 0. The Labute approximate surface area is 203 Å². The van der Waals surface area contributed by atoms with Crippen LogP contribution < -0.4 is 10.2 Å². The van der Waals surface area contributed by atoms with E-state index >= 15 is 4.39 Å². The summed E-state index contributed by atoms with van der Waals surface area (Å²) in [4.78, 5) is 28.0. The maximum atomic E-state index is 17.2. The lowest BCUT2D eigenvalue weighted by molar-refractivity contribution is -0.131. The van der Waals surface area contributed by atoms with Crippen molar-refractivity contribution in [3.63, 3.8) is 0 Å². The molecule has 0 aliphatic carbocycles. The Hall–Kier alpha value is -3.38. The minimum atomic E-state index is -2.58. The molecule has 0 spiro atoms. The van der Waals surface area contributed by atoms with Gasteiger partial charge in [0.05, 0.1) is 12.2 Å². The highest BCUT2D eigenvalue weighted by molar-refractivity contribution is 6.30. The van der Waals surface area contributed by atoms with E-state index in [4.69, 9.17) is 16.3 Å². The van der Waals surface area contributed by atoms with Crippen molar-refractivity contribution in [2.75, 3.05) is 4.90 Å². The Bertz CT molecular complexity index is 1210. The van der Waals surface area contributed by atoms with Gasteiger partial charge >= 0.3 is 6.09 Å². The summed E-state index contributed by atoms with van der Waals surface area (Å²) in [6.07, 6.45) is -0.832. The summed E-state index contributed by atoms with van der Waals surface area (Å²) in [6, 6.07) is 21.2. The number of ether oxygens (including phenoxy) is 1. The van der Waals surface area contributed by atoms with Crippen LogP contribution in [-0.2, 0) is 21.7 Å². The average molecular weight is 481 g/mol. The number of nitrogens with zero attached hydrogens (tertiary/aromatic N) is 1. The molecule has 4 rings (SSSR count). The number of carbonyl (C=O) groups excluding carboxylic acids is 2. The van der Waals surface area contributed by atoms with Gasteiger partial charge in [0.2, 0.25) is 5.67 Å². The van der Waals surface area contributed by atoms with E-state index in [1.807, 2.05) is 30.3 Å². The molecule has 1 heterocycles. The van der Waals surface area contributed by atoms with Gasteiger partial charge < -0.3 is 15.0 Å². The Balaban J connectivity index is 1.80. The third-order valence-electron chi connectivity index (χ3n) is 5.57. The molecule has 7 heteroatoms. The molecule has 34 heavy (non-hydrogen) atoms. The molecule has 0 unspecified atom stereocenters. The molecular weight excluding hydrogens is 455 g/mol. The fourth-order valence-corrected chi connectivity index (χ4v) is 4.36. The van der Waals surface area contributed by atoms with Crippen LogP contribution in [-0.4, -0.2) is 17.6 Å². The molecule has 3 aromatic rings. The Morgan fingerprint density at radius 2 is 1.74 bits per heavy atom. The molecule has 1 aliphatic heterocycles. The van der Waals surface area contributed by atoms with Crippen molar-refractivity contribution in [1.29, 1.82) is 0 Å². The number of alkyl carbamates (subject to hydrolysis) is 1. The second-order valence-electron chi connectivity index (χ2n) is 9.24. The van der Waals surface area contributed by atoms with Gasteiger partial charge in [-0.25, -0.2) is 9.18 Å². The van der Waals surface area contributed by atoms with E-state index in [2.05, 4.69) is 5.32 Å². The highest BCUT2D eigenvalue weighted by Crippen LogP contribution is 2.50. The van der Waals surface area contributed by atoms with Crippen molar-refractivity contribution < 1.29 is 18.7 Å². The van der Waals surface area contributed by atoms with Crippen LogP contribution in [0.1, 0.15) is 43.5 Å². The van der Waals surface area contributed by atoms with Crippen molar-refractivity contribution in [3.8, 4) is 0 Å². The predicted octanol–water partition coefficient (Wildman–Crippen LogP) is 6.32. The molecule has 0 bridgehead atoms.